The van der Waals surface area contributed by atoms with Gasteiger partial charge in [0.1, 0.15) is 6.33 Å². The molecule has 2 aromatic heterocycles. The fraction of sp³-hybridized carbons (Fsp3) is 0.250. The summed E-state index contributed by atoms with van der Waals surface area (Å²) in [5, 5.41) is 0. The number of rotatable bonds is 3. The first-order valence-electron chi connectivity index (χ1n) is 5.18. The van der Waals surface area contributed by atoms with E-state index in [9.17, 15) is 4.79 Å². The molecular formula is C12H12ClN3O. The highest BCUT2D eigenvalue weighted by Gasteiger charge is 2.15. The summed E-state index contributed by atoms with van der Waals surface area (Å²) in [6, 6.07) is 1.84. The van der Waals surface area contributed by atoms with E-state index >= 15 is 0 Å². The van der Waals surface area contributed by atoms with Crippen LogP contribution in [0.3, 0.4) is 0 Å². The molecule has 0 aliphatic heterocycles. The molecule has 17 heavy (non-hydrogen) atoms. The van der Waals surface area contributed by atoms with Crippen LogP contribution in [0, 0.1) is 13.8 Å². The van der Waals surface area contributed by atoms with Gasteiger partial charge in [-0.3, -0.25) is 4.79 Å². The molecule has 4 nitrogen and oxygen atoms in total. The van der Waals surface area contributed by atoms with Crippen molar-refractivity contribution in [3.8, 4) is 5.69 Å². The van der Waals surface area contributed by atoms with E-state index in [0.717, 1.165) is 17.1 Å². The average Bonchev–Trinajstić information content (AvgIpc) is 2.65. The Balaban J connectivity index is 2.57. The zero-order valence-electron chi connectivity index (χ0n) is 9.64. The summed E-state index contributed by atoms with van der Waals surface area (Å²) >= 11 is 5.58. The van der Waals surface area contributed by atoms with Crippen LogP contribution in [-0.4, -0.2) is 26.2 Å². The third-order valence-corrected chi connectivity index (χ3v) is 2.90. The van der Waals surface area contributed by atoms with Gasteiger partial charge in [0.15, 0.2) is 5.78 Å². The number of aromatic nitrogens is 3. The Labute approximate surface area is 104 Å². The summed E-state index contributed by atoms with van der Waals surface area (Å²) in [5.41, 5.74) is 3.33. The molecule has 0 unspecified atom stereocenters. The van der Waals surface area contributed by atoms with E-state index < -0.39 is 0 Å². The van der Waals surface area contributed by atoms with Gasteiger partial charge in [-0.15, -0.1) is 11.6 Å². The van der Waals surface area contributed by atoms with Gasteiger partial charge in [-0.1, -0.05) is 0 Å². The number of aryl methyl sites for hydroxylation is 1. The molecule has 0 amide bonds. The molecule has 0 aliphatic rings. The lowest BCUT2D eigenvalue weighted by molar-refractivity contribution is 0.102. The Morgan fingerprint density at radius 2 is 2.00 bits per heavy atom. The van der Waals surface area contributed by atoms with Crippen molar-refractivity contribution in [2.75, 3.05) is 5.88 Å². The molecule has 0 fully saturated rings. The fourth-order valence-electron chi connectivity index (χ4n) is 1.92. The molecule has 2 rings (SSSR count). The van der Waals surface area contributed by atoms with Crippen molar-refractivity contribution in [3.05, 3.63) is 41.7 Å². The van der Waals surface area contributed by atoms with Crippen molar-refractivity contribution in [1.82, 2.24) is 14.5 Å². The summed E-state index contributed by atoms with van der Waals surface area (Å²) in [7, 11) is 0. The van der Waals surface area contributed by atoms with E-state index in [1.807, 2.05) is 24.5 Å². The molecule has 2 aromatic rings. The topological polar surface area (TPSA) is 47.8 Å². The predicted octanol–water partition coefficient (Wildman–Crippen LogP) is 2.31. The number of nitrogens with zero attached hydrogens (tertiary/aromatic N) is 3. The first-order chi connectivity index (χ1) is 8.15. The van der Waals surface area contributed by atoms with Crippen molar-refractivity contribution in [1.29, 1.82) is 0 Å². The monoisotopic (exact) mass is 249 g/mol. The number of carbonyl (C=O) groups excluding carboxylic acids is 1. The average molecular weight is 250 g/mol. The third-order valence-electron chi connectivity index (χ3n) is 2.66. The first kappa shape index (κ1) is 11.8. The van der Waals surface area contributed by atoms with Crippen LogP contribution < -0.4 is 0 Å². The van der Waals surface area contributed by atoms with Crippen molar-refractivity contribution < 1.29 is 4.79 Å². The standard InChI is InChI=1S/C12H12ClN3O/c1-8-3-11(12(17)4-13)9(2)16(8)10-5-14-7-15-6-10/h3,5-7H,4H2,1-2H3. The number of ketones is 1. The zero-order valence-corrected chi connectivity index (χ0v) is 10.4. The minimum absolute atomic E-state index is 0.00438. The van der Waals surface area contributed by atoms with Crippen LogP contribution in [0.4, 0.5) is 0 Å². The minimum Gasteiger partial charge on any atom is -0.315 e. The number of hydrogen-bond donors (Lipinski definition) is 0. The largest absolute Gasteiger partial charge is 0.315 e. The first-order valence-corrected chi connectivity index (χ1v) is 5.72. The van der Waals surface area contributed by atoms with E-state index in [1.165, 1.54) is 6.33 Å². The van der Waals surface area contributed by atoms with E-state index in [-0.39, 0.29) is 11.7 Å². The van der Waals surface area contributed by atoms with Crippen LogP contribution in [0.15, 0.2) is 24.8 Å². The number of Topliss-reactive ketones (excluding diaryl/α,β-unsaturated/α-hetero) is 1. The zero-order chi connectivity index (χ0) is 12.4. The van der Waals surface area contributed by atoms with Gasteiger partial charge in [0, 0.05) is 17.0 Å². The van der Waals surface area contributed by atoms with Gasteiger partial charge in [-0.2, -0.15) is 0 Å². The molecule has 0 saturated heterocycles. The number of hydrogen-bond acceptors (Lipinski definition) is 3. The van der Waals surface area contributed by atoms with E-state index in [2.05, 4.69) is 9.97 Å². The maximum absolute atomic E-state index is 11.7. The van der Waals surface area contributed by atoms with Gasteiger partial charge in [0.25, 0.3) is 0 Å². The van der Waals surface area contributed by atoms with Crippen LogP contribution in [0.1, 0.15) is 21.7 Å². The molecule has 2 heterocycles. The van der Waals surface area contributed by atoms with E-state index in [0.29, 0.717) is 5.56 Å². The highest BCUT2D eigenvalue weighted by molar-refractivity contribution is 6.30. The van der Waals surface area contributed by atoms with Gasteiger partial charge in [0.05, 0.1) is 24.0 Å². The molecule has 5 heteroatoms. The quantitative estimate of drug-likeness (QED) is 0.620. The Kier molecular flexibility index (Phi) is 3.24. The maximum atomic E-state index is 11.7. The summed E-state index contributed by atoms with van der Waals surface area (Å²) in [5.74, 6) is -0.0712. The predicted molar refractivity (Wildman–Crippen MR) is 65.9 cm³/mol. The Morgan fingerprint density at radius 3 is 2.59 bits per heavy atom. The fourth-order valence-corrected chi connectivity index (χ4v) is 2.07. The number of alkyl halides is 1. The molecule has 0 spiro atoms. The maximum Gasteiger partial charge on any atom is 0.179 e. The van der Waals surface area contributed by atoms with Crippen LogP contribution in [0.2, 0.25) is 0 Å². The second kappa shape index (κ2) is 4.67. The molecule has 0 atom stereocenters. The lowest BCUT2D eigenvalue weighted by Gasteiger charge is -2.08. The molecule has 0 radical (unpaired) electrons. The van der Waals surface area contributed by atoms with Gasteiger partial charge >= 0.3 is 0 Å². The van der Waals surface area contributed by atoms with Crippen molar-refractivity contribution >= 4 is 17.4 Å². The normalized spacial score (nSPS) is 10.5. The lowest BCUT2D eigenvalue weighted by atomic mass is 10.2. The summed E-state index contributed by atoms with van der Waals surface area (Å²) < 4.78 is 1.94. The van der Waals surface area contributed by atoms with Crippen LogP contribution >= 0.6 is 11.6 Å². The smallest absolute Gasteiger partial charge is 0.179 e. The molecule has 0 aromatic carbocycles. The number of halogens is 1. The van der Waals surface area contributed by atoms with Gasteiger partial charge in [-0.25, -0.2) is 9.97 Å². The second-order valence-corrected chi connectivity index (χ2v) is 4.04. The van der Waals surface area contributed by atoms with Crippen LogP contribution in [0.5, 0.6) is 0 Å². The number of carbonyl (C=O) groups is 1. The van der Waals surface area contributed by atoms with E-state index in [4.69, 9.17) is 11.6 Å². The Hall–Kier alpha value is -1.68. The molecule has 0 saturated carbocycles. The van der Waals surface area contributed by atoms with Crippen molar-refractivity contribution in [2.45, 2.75) is 13.8 Å². The van der Waals surface area contributed by atoms with Gasteiger partial charge < -0.3 is 4.57 Å². The van der Waals surface area contributed by atoms with Gasteiger partial charge in [0.2, 0.25) is 0 Å². The Bertz CT molecular complexity index is 548. The molecule has 0 N–H and O–H groups in total. The molecule has 0 bridgehead atoms. The second-order valence-electron chi connectivity index (χ2n) is 3.77. The highest BCUT2D eigenvalue weighted by Crippen LogP contribution is 2.20. The highest BCUT2D eigenvalue weighted by atomic mass is 35.5. The molecule has 88 valence electrons. The summed E-state index contributed by atoms with van der Waals surface area (Å²) in [4.78, 5) is 19.6. The van der Waals surface area contributed by atoms with Crippen molar-refractivity contribution in [2.24, 2.45) is 0 Å². The van der Waals surface area contributed by atoms with Crippen LogP contribution in [0.25, 0.3) is 5.69 Å². The van der Waals surface area contributed by atoms with E-state index in [1.54, 1.807) is 12.4 Å². The minimum atomic E-state index is -0.0668. The molecule has 0 aliphatic carbocycles. The Morgan fingerprint density at radius 1 is 1.35 bits per heavy atom. The lowest BCUT2D eigenvalue weighted by Crippen LogP contribution is -2.04. The third kappa shape index (κ3) is 2.08. The SMILES string of the molecule is Cc1cc(C(=O)CCl)c(C)n1-c1cncnc1. The summed E-state index contributed by atoms with van der Waals surface area (Å²) in [6.07, 6.45) is 4.90. The summed E-state index contributed by atoms with van der Waals surface area (Å²) in [6.45, 7) is 3.82. The van der Waals surface area contributed by atoms with Gasteiger partial charge in [-0.05, 0) is 19.9 Å². The molecular weight excluding hydrogens is 238 g/mol. The van der Waals surface area contributed by atoms with Crippen LogP contribution in [-0.2, 0) is 0 Å². The van der Waals surface area contributed by atoms with Crippen molar-refractivity contribution in [3.63, 3.8) is 0 Å².